The van der Waals surface area contributed by atoms with Crippen molar-refractivity contribution in [3.05, 3.63) is 52.6 Å². The molecule has 4 rings (SSSR count). The number of morpholine rings is 1. The second kappa shape index (κ2) is 7.13. The lowest BCUT2D eigenvalue weighted by Gasteiger charge is -2.27. The van der Waals surface area contributed by atoms with Crippen LogP contribution in [0.4, 0.5) is 0 Å². The predicted octanol–water partition coefficient (Wildman–Crippen LogP) is 1.94. The number of fused-ring (bicyclic) bond motifs is 2. The fourth-order valence-corrected chi connectivity index (χ4v) is 3.74. The van der Waals surface area contributed by atoms with E-state index >= 15 is 0 Å². The lowest BCUT2D eigenvalue weighted by molar-refractivity contribution is 0.0362. The Hall–Kier alpha value is -2.31. The molecule has 2 aliphatic rings. The highest BCUT2D eigenvalue weighted by Gasteiger charge is 2.35. The third kappa shape index (κ3) is 2.89. The van der Waals surface area contributed by atoms with E-state index in [9.17, 15) is 9.59 Å². The SMILES string of the molecule is CCCc1nc2c(n1CCN1CCOCC1)C(=O)c1ccccc1C2=O. The number of aryl methyl sites for hydroxylation is 1. The summed E-state index contributed by atoms with van der Waals surface area (Å²) < 4.78 is 7.38. The number of ketones is 2. The quantitative estimate of drug-likeness (QED) is 0.701. The third-order valence-electron chi connectivity index (χ3n) is 5.11. The molecule has 0 radical (unpaired) electrons. The van der Waals surface area contributed by atoms with Crippen LogP contribution in [0.2, 0.25) is 0 Å². The molecule has 1 aliphatic heterocycles. The average molecular weight is 353 g/mol. The van der Waals surface area contributed by atoms with Gasteiger partial charge in [-0.1, -0.05) is 31.2 Å². The van der Waals surface area contributed by atoms with Crippen LogP contribution in [0.15, 0.2) is 24.3 Å². The van der Waals surface area contributed by atoms with Gasteiger partial charge in [-0.2, -0.15) is 0 Å². The van der Waals surface area contributed by atoms with Gasteiger partial charge in [0.25, 0.3) is 0 Å². The van der Waals surface area contributed by atoms with E-state index in [1.165, 1.54) is 0 Å². The van der Waals surface area contributed by atoms with E-state index in [1.807, 2.05) is 4.57 Å². The Morgan fingerprint density at radius 3 is 2.42 bits per heavy atom. The topological polar surface area (TPSA) is 64.4 Å². The van der Waals surface area contributed by atoms with Crippen LogP contribution in [-0.2, 0) is 17.7 Å². The fourth-order valence-electron chi connectivity index (χ4n) is 3.74. The highest BCUT2D eigenvalue weighted by molar-refractivity contribution is 6.27. The minimum Gasteiger partial charge on any atom is -0.379 e. The van der Waals surface area contributed by atoms with E-state index < -0.39 is 0 Å². The van der Waals surface area contributed by atoms with Gasteiger partial charge in [0.1, 0.15) is 17.2 Å². The summed E-state index contributed by atoms with van der Waals surface area (Å²) in [6, 6.07) is 7.04. The molecule has 0 unspecified atom stereocenters. The Labute approximate surface area is 152 Å². The maximum Gasteiger partial charge on any atom is 0.214 e. The molecule has 0 saturated carbocycles. The van der Waals surface area contributed by atoms with E-state index in [0.717, 1.165) is 51.5 Å². The molecule has 1 fully saturated rings. The number of carbonyl (C=O) groups excluding carboxylic acids is 2. The monoisotopic (exact) mass is 353 g/mol. The van der Waals surface area contributed by atoms with Crippen LogP contribution >= 0.6 is 0 Å². The van der Waals surface area contributed by atoms with Crippen molar-refractivity contribution in [2.45, 2.75) is 26.3 Å². The summed E-state index contributed by atoms with van der Waals surface area (Å²) in [7, 11) is 0. The Balaban J connectivity index is 1.70. The summed E-state index contributed by atoms with van der Waals surface area (Å²) in [5.41, 5.74) is 1.73. The van der Waals surface area contributed by atoms with Crippen molar-refractivity contribution in [2.75, 3.05) is 32.8 Å². The second-order valence-electron chi connectivity index (χ2n) is 6.78. The molecule has 0 spiro atoms. The number of hydrogen-bond acceptors (Lipinski definition) is 5. The van der Waals surface area contributed by atoms with Crippen LogP contribution in [0.3, 0.4) is 0 Å². The van der Waals surface area contributed by atoms with Crippen molar-refractivity contribution >= 4 is 11.6 Å². The maximum absolute atomic E-state index is 13.1. The first-order chi connectivity index (χ1) is 12.7. The summed E-state index contributed by atoms with van der Waals surface area (Å²) in [5, 5.41) is 0. The van der Waals surface area contributed by atoms with E-state index in [1.54, 1.807) is 24.3 Å². The lowest BCUT2D eigenvalue weighted by atomic mass is 9.90. The van der Waals surface area contributed by atoms with Crippen LogP contribution in [0.5, 0.6) is 0 Å². The van der Waals surface area contributed by atoms with Crippen LogP contribution in [0.25, 0.3) is 0 Å². The molecule has 26 heavy (non-hydrogen) atoms. The molecular weight excluding hydrogens is 330 g/mol. The predicted molar refractivity (Wildman–Crippen MR) is 96.8 cm³/mol. The molecule has 1 aromatic heterocycles. The Morgan fingerprint density at radius 1 is 1.04 bits per heavy atom. The maximum atomic E-state index is 13.1. The molecule has 0 bridgehead atoms. The normalized spacial score (nSPS) is 17.3. The summed E-state index contributed by atoms with van der Waals surface area (Å²) in [6.07, 6.45) is 1.68. The van der Waals surface area contributed by atoms with Crippen LogP contribution in [0, 0.1) is 0 Å². The highest BCUT2D eigenvalue weighted by atomic mass is 16.5. The first kappa shape index (κ1) is 17.1. The van der Waals surface area contributed by atoms with Gasteiger partial charge in [-0.25, -0.2) is 4.98 Å². The smallest absolute Gasteiger partial charge is 0.214 e. The molecule has 2 aromatic rings. The van der Waals surface area contributed by atoms with Crippen LogP contribution < -0.4 is 0 Å². The van der Waals surface area contributed by atoms with E-state index in [0.29, 0.717) is 29.1 Å². The number of aromatic nitrogens is 2. The number of benzene rings is 1. The lowest BCUT2D eigenvalue weighted by Crippen LogP contribution is -2.38. The summed E-state index contributed by atoms with van der Waals surface area (Å²) in [4.78, 5) is 32.9. The Bertz CT molecular complexity index is 850. The van der Waals surface area contributed by atoms with E-state index in [2.05, 4.69) is 16.8 Å². The Kier molecular flexibility index (Phi) is 4.70. The molecular formula is C20H23N3O3. The summed E-state index contributed by atoms with van der Waals surface area (Å²) >= 11 is 0. The summed E-state index contributed by atoms with van der Waals surface area (Å²) in [6.45, 7) is 6.86. The number of ether oxygens (including phenoxy) is 1. The third-order valence-corrected chi connectivity index (χ3v) is 5.11. The van der Waals surface area contributed by atoms with Gasteiger partial charge in [0, 0.05) is 43.7 Å². The van der Waals surface area contributed by atoms with Crippen molar-refractivity contribution in [1.82, 2.24) is 14.5 Å². The molecule has 136 valence electrons. The molecule has 0 atom stereocenters. The minimum atomic E-state index is -0.141. The number of hydrogen-bond donors (Lipinski definition) is 0. The molecule has 0 amide bonds. The molecule has 6 heteroatoms. The second-order valence-corrected chi connectivity index (χ2v) is 6.78. The van der Waals surface area contributed by atoms with Gasteiger partial charge >= 0.3 is 0 Å². The molecule has 1 aromatic carbocycles. The average Bonchev–Trinajstić information content (AvgIpc) is 3.04. The minimum absolute atomic E-state index is 0.0907. The van der Waals surface area contributed by atoms with Crippen LogP contribution in [0.1, 0.15) is 51.3 Å². The first-order valence-electron chi connectivity index (χ1n) is 9.28. The van der Waals surface area contributed by atoms with Crippen LogP contribution in [-0.4, -0.2) is 58.9 Å². The van der Waals surface area contributed by atoms with Gasteiger partial charge in [0.15, 0.2) is 0 Å². The van der Waals surface area contributed by atoms with Gasteiger partial charge in [-0.05, 0) is 6.42 Å². The zero-order valence-corrected chi connectivity index (χ0v) is 15.0. The van der Waals surface area contributed by atoms with E-state index in [4.69, 9.17) is 4.74 Å². The Morgan fingerprint density at radius 2 is 1.73 bits per heavy atom. The number of rotatable bonds is 5. The first-order valence-corrected chi connectivity index (χ1v) is 9.28. The number of carbonyl (C=O) groups is 2. The highest BCUT2D eigenvalue weighted by Crippen LogP contribution is 2.28. The van der Waals surface area contributed by atoms with Gasteiger partial charge in [-0.3, -0.25) is 14.5 Å². The molecule has 6 nitrogen and oxygen atoms in total. The zero-order valence-electron chi connectivity index (χ0n) is 15.0. The van der Waals surface area contributed by atoms with Gasteiger partial charge in [0.05, 0.1) is 13.2 Å². The molecule has 1 aliphatic carbocycles. The van der Waals surface area contributed by atoms with Gasteiger partial charge < -0.3 is 9.30 Å². The standard InChI is InChI=1S/C20H23N3O3/c1-2-5-16-21-17-18(23(16)9-8-22-10-12-26-13-11-22)20(25)15-7-4-3-6-14(15)19(17)24/h3-4,6-7H,2,5,8-13H2,1H3. The van der Waals surface area contributed by atoms with Crippen molar-refractivity contribution in [2.24, 2.45) is 0 Å². The fraction of sp³-hybridized carbons (Fsp3) is 0.450. The molecule has 0 N–H and O–H groups in total. The van der Waals surface area contributed by atoms with Crippen molar-refractivity contribution in [1.29, 1.82) is 0 Å². The zero-order chi connectivity index (χ0) is 18.1. The molecule has 1 saturated heterocycles. The number of nitrogens with zero attached hydrogens (tertiary/aromatic N) is 3. The van der Waals surface area contributed by atoms with Gasteiger partial charge in [0.2, 0.25) is 11.6 Å². The summed E-state index contributed by atoms with van der Waals surface area (Å²) in [5.74, 6) is 0.602. The van der Waals surface area contributed by atoms with Crippen molar-refractivity contribution in [3.8, 4) is 0 Å². The number of imidazole rings is 1. The van der Waals surface area contributed by atoms with E-state index in [-0.39, 0.29) is 11.6 Å². The van der Waals surface area contributed by atoms with Crippen molar-refractivity contribution < 1.29 is 14.3 Å². The van der Waals surface area contributed by atoms with Gasteiger partial charge in [-0.15, -0.1) is 0 Å². The van der Waals surface area contributed by atoms with Crippen molar-refractivity contribution in [3.63, 3.8) is 0 Å². The molecule has 2 heterocycles. The largest absolute Gasteiger partial charge is 0.379 e.